The summed E-state index contributed by atoms with van der Waals surface area (Å²) in [6.45, 7) is 3.18. The van der Waals surface area contributed by atoms with E-state index in [2.05, 4.69) is 21.9 Å². The normalized spacial score (nSPS) is 13.8. The molecule has 1 aliphatic heterocycles. The molecular formula is C15H17N3O3S. The van der Waals surface area contributed by atoms with Crippen LogP contribution < -0.4 is 5.32 Å². The highest BCUT2D eigenvalue weighted by atomic mass is 32.1. The van der Waals surface area contributed by atoms with Gasteiger partial charge in [0.05, 0.1) is 0 Å². The lowest BCUT2D eigenvalue weighted by Gasteiger charge is -2.27. The predicted molar refractivity (Wildman–Crippen MR) is 82.5 cm³/mol. The van der Waals surface area contributed by atoms with Gasteiger partial charge in [-0.1, -0.05) is 5.16 Å². The molecule has 3 rings (SSSR count). The number of thiophene rings is 1. The summed E-state index contributed by atoms with van der Waals surface area (Å²) in [5.41, 5.74) is 1.99. The number of carbonyl (C=O) groups is 2. The zero-order valence-electron chi connectivity index (χ0n) is 12.3. The molecule has 0 aromatic carbocycles. The molecule has 7 heteroatoms. The van der Waals surface area contributed by atoms with Gasteiger partial charge >= 0.3 is 0 Å². The van der Waals surface area contributed by atoms with Crippen LogP contribution in [-0.2, 0) is 22.6 Å². The van der Waals surface area contributed by atoms with Crippen LogP contribution in [0.5, 0.6) is 0 Å². The molecule has 2 aromatic rings. The number of nitrogens with one attached hydrogen (secondary N) is 1. The molecule has 1 aliphatic rings. The zero-order chi connectivity index (χ0) is 15.5. The van der Waals surface area contributed by atoms with Crippen molar-refractivity contribution in [1.82, 2.24) is 10.1 Å². The monoisotopic (exact) mass is 319 g/mol. The van der Waals surface area contributed by atoms with Crippen LogP contribution in [0.4, 0.5) is 5.82 Å². The molecule has 1 N–H and O–H groups in total. The maximum Gasteiger partial charge on any atom is 0.226 e. The standard InChI is InChI=1S/C15H17N3O3S/c1-10-9-21-17-15(10)16-13(19)2-3-14(20)18-6-4-12-11(8-18)5-7-22-12/h5,7,9H,2-4,6,8H2,1H3,(H,16,17,19). The lowest BCUT2D eigenvalue weighted by molar-refractivity contribution is -0.133. The number of aryl methyl sites for hydroxylation is 1. The molecule has 0 radical (unpaired) electrons. The third-order valence-electron chi connectivity index (χ3n) is 3.73. The van der Waals surface area contributed by atoms with Gasteiger partial charge in [0.15, 0.2) is 5.82 Å². The molecule has 0 saturated heterocycles. The Hall–Kier alpha value is -2.15. The van der Waals surface area contributed by atoms with Gasteiger partial charge in [0.2, 0.25) is 11.8 Å². The first-order valence-electron chi connectivity index (χ1n) is 7.17. The van der Waals surface area contributed by atoms with E-state index < -0.39 is 0 Å². The molecular weight excluding hydrogens is 302 g/mol. The fourth-order valence-corrected chi connectivity index (χ4v) is 3.33. The van der Waals surface area contributed by atoms with Gasteiger partial charge in [-0.05, 0) is 30.4 Å². The minimum absolute atomic E-state index is 0.0175. The Morgan fingerprint density at radius 1 is 1.45 bits per heavy atom. The molecule has 0 bridgehead atoms. The van der Waals surface area contributed by atoms with E-state index in [1.54, 1.807) is 18.3 Å². The Balaban J connectivity index is 1.48. The quantitative estimate of drug-likeness (QED) is 0.938. The summed E-state index contributed by atoms with van der Waals surface area (Å²) in [6, 6.07) is 2.07. The van der Waals surface area contributed by atoms with Gasteiger partial charge < -0.3 is 14.7 Å². The first-order valence-corrected chi connectivity index (χ1v) is 8.05. The first kappa shape index (κ1) is 14.8. The number of hydrogen-bond acceptors (Lipinski definition) is 5. The first-order chi connectivity index (χ1) is 10.6. The van der Waals surface area contributed by atoms with Gasteiger partial charge in [-0.25, -0.2) is 0 Å². The fourth-order valence-electron chi connectivity index (χ4n) is 2.44. The average Bonchev–Trinajstić information content (AvgIpc) is 3.13. The van der Waals surface area contributed by atoms with Gasteiger partial charge in [0.25, 0.3) is 0 Å². The smallest absolute Gasteiger partial charge is 0.226 e. The van der Waals surface area contributed by atoms with Gasteiger partial charge in [0, 0.05) is 36.4 Å². The van der Waals surface area contributed by atoms with Crippen LogP contribution in [0.1, 0.15) is 28.8 Å². The van der Waals surface area contributed by atoms with Crippen LogP contribution >= 0.6 is 11.3 Å². The molecule has 22 heavy (non-hydrogen) atoms. The fraction of sp³-hybridized carbons (Fsp3) is 0.400. The highest BCUT2D eigenvalue weighted by Crippen LogP contribution is 2.24. The number of fused-ring (bicyclic) bond motifs is 1. The minimum Gasteiger partial charge on any atom is -0.362 e. The summed E-state index contributed by atoms with van der Waals surface area (Å²) in [5, 5.41) is 8.40. The van der Waals surface area contributed by atoms with Crippen LogP contribution in [-0.4, -0.2) is 28.4 Å². The Bertz CT molecular complexity index is 692. The van der Waals surface area contributed by atoms with Crippen molar-refractivity contribution in [2.24, 2.45) is 0 Å². The van der Waals surface area contributed by atoms with Crippen molar-refractivity contribution in [3.8, 4) is 0 Å². The maximum absolute atomic E-state index is 12.2. The second kappa shape index (κ2) is 6.31. The van der Waals surface area contributed by atoms with E-state index in [4.69, 9.17) is 4.52 Å². The third-order valence-corrected chi connectivity index (χ3v) is 4.75. The summed E-state index contributed by atoms with van der Waals surface area (Å²) in [4.78, 5) is 27.3. The van der Waals surface area contributed by atoms with E-state index in [0.717, 1.165) is 18.5 Å². The molecule has 0 atom stereocenters. The van der Waals surface area contributed by atoms with Crippen molar-refractivity contribution in [2.75, 3.05) is 11.9 Å². The number of hydrogen-bond donors (Lipinski definition) is 1. The highest BCUT2D eigenvalue weighted by Gasteiger charge is 2.22. The van der Waals surface area contributed by atoms with Crippen molar-refractivity contribution in [2.45, 2.75) is 32.7 Å². The molecule has 0 fully saturated rings. The number of nitrogens with zero attached hydrogens (tertiary/aromatic N) is 2. The van der Waals surface area contributed by atoms with Crippen molar-refractivity contribution >= 4 is 29.0 Å². The Morgan fingerprint density at radius 2 is 2.32 bits per heavy atom. The second-order valence-corrected chi connectivity index (χ2v) is 6.33. The van der Waals surface area contributed by atoms with Crippen molar-refractivity contribution in [1.29, 1.82) is 0 Å². The number of amides is 2. The van der Waals surface area contributed by atoms with Gasteiger partial charge in [-0.15, -0.1) is 11.3 Å². The molecule has 0 saturated carbocycles. The largest absolute Gasteiger partial charge is 0.362 e. The minimum atomic E-state index is -0.224. The molecule has 2 amide bonds. The lowest BCUT2D eigenvalue weighted by atomic mass is 10.1. The molecule has 0 aliphatic carbocycles. The Labute approximate surface area is 132 Å². The molecule has 0 unspecified atom stereocenters. The summed E-state index contributed by atoms with van der Waals surface area (Å²) in [6.07, 6.45) is 2.73. The number of carbonyl (C=O) groups excluding carboxylic acids is 2. The average molecular weight is 319 g/mol. The van der Waals surface area contributed by atoms with Crippen LogP contribution in [0.3, 0.4) is 0 Å². The summed E-state index contributed by atoms with van der Waals surface area (Å²) >= 11 is 1.74. The van der Waals surface area contributed by atoms with Crippen molar-refractivity contribution in [3.63, 3.8) is 0 Å². The van der Waals surface area contributed by atoms with Gasteiger partial charge in [0.1, 0.15) is 6.26 Å². The summed E-state index contributed by atoms with van der Waals surface area (Å²) in [7, 11) is 0. The SMILES string of the molecule is Cc1conc1NC(=O)CCC(=O)N1CCc2sccc2C1. The van der Waals surface area contributed by atoms with E-state index in [-0.39, 0.29) is 24.7 Å². The van der Waals surface area contributed by atoms with Gasteiger partial charge in [-0.3, -0.25) is 9.59 Å². The molecule has 116 valence electrons. The van der Waals surface area contributed by atoms with Gasteiger partial charge in [-0.2, -0.15) is 0 Å². The summed E-state index contributed by atoms with van der Waals surface area (Å²) in [5.74, 6) is 0.209. The predicted octanol–water partition coefficient (Wildman–Crippen LogP) is 2.35. The number of anilines is 1. The lowest BCUT2D eigenvalue weighted by Crippen LogP contribution is -2.35. The molecule has 3 heterocycles. The highest BCUT2D eigenvalue weighted by molar-refractivity contribution is 7.10. The van der Waals surface area contributed by atoms with Crippen LogP contribution in [0.25, 0.3) is 0 Å². The Kier molecular flexibility index (Phi) is 4.24. The van der Waals surface area contributed by atoms with Crippen molar-refractivity contribution in [3.05, 3.63) is 33.7 Å². The van der Waals surface area contributed by atoms with E-state index in [1.165, 1.54) is 16.7 Å². The second-order valence-electron chi connectivity index (χ2n) is 5.33. The topological polar surface area (TPSA) is 75.4 Å². The van der Waals surface area contributed by atoms with Crippen LogP contribution in [0.2, 0.25) is 0 Å². The zero-order valence-corrected chi connectivity index (χ0v) is 13.1. The number of rotatable bonds is 4. The van der Waals surface area contributed by atoms with E-state index >= 15 is 0 Å². The van der Waals surface area contributed by atoms with Crippen LogP contribution in [0.15, 0.2) is 22.2 Å². The van der Waals surface area contributed by atoms with E-state index in [1.807, 2.05) is 4.90 Å². The summed E-state index contributed by atoms with van der Waals surface area (Å²) < 4.78 is 4.75. The molecule has 2 aromatic heterocycles. The van der Waals surface area contributed by atoms with E-state index in [9.17, 15) is 9.59 Å². The van der Waals surface area contributed by atoms with Crippen LogP contribution in [0, 0.1) is 6.92 Å². The Morgan fingerprint density at radius 3 is 3.09 bits per heavy atom. The van der Waals surface area contributed by atoms with Crippen molar-refractivity contribution < 1.29 is 14.1 Å². The maximum atomic E-state index is 12.2. The van der Waals surface area contributed by atoms with E-state index in [0.29, 0.717) is 12.4 Å². The number of aromatic nitrogens is 1. The third kappa shape index (κ3) is 3.19. The molecule has 0 spiro atoms. The molecule has 6 nitrogen and oxygen atoms in total.